The highest BCUT2D eigenvalue weighted by Gasteiger charge is 2.35. The van der Waals surface area contributed by atoms with E-state index in [1.165, 1.54) is 17.5 Å². The predicted octanol–water partition coefficient (Wildman–Crippen LogP) is 1.39. The third-order valence-corrected chi connectivity index (χ3v) is 7.75. The first kappa shape index (κ1) is 17.2. The van der Waals surface area contributed by atoms with Gasteiger partial charge in [0, 0.05) is 12.1 Å². The van der Waals surface area contributed by atoms with Crippen LogP contribution in [0.1, 0.15) is 0 Å². The summed E-state index contributed by atoms with van der Waals surface area (Å²) in [6, 6.07) is 5.61. The van der Waals surface area contributed by atoms with Crippen molar-refractivity contribution in [3.63, 3.8) is 0 Å². The Hall–Kier alpha value is -2.18. The maximum absolute atomic E-state index is 12.6. The van der Waals surface area contributed by atoms with Gasteiger partial charge in [-0.3, -0.25) is 10.1 Å². The minimum atomic E-state index is -4.47. The topological polar surface area (TPSA) is 141 Å². The van der Waals surface area contributed by atoms with Crippen molar-refractivity contribution in [3.05, 3.63) is 45.8 Å². The van der Waals surface area contributed by atoms with Crippen LogP contribution in [0.2, 0.25) is 0 Å². The molecule has 0 bridgehead atoms. The lowest BCUT2D eigenvalue weighted by Crippen LogP contribution is -2.36. The van der Waals surface area contributed by atoms with E-state index in [0.29, 0.717) is 6.26 Å². The van der Waals surface area contributed by atoms with Crippen molar-refractivity contribution in [2.24, 2.45) is 0 Å². The number of sulfonamides is 2. The zero-order valence-electron chi connectivity index (χ0n) is 11.6. The highest BCUT2D eigenvalue weighted by molar-refractivity contribution is 8.10. The van der Waals surface area contributed by atoms with E-state index < -0.39 is 36.3 Å². The Bertz CT molecular complexity index is 951. The van der Waals surface area contributed by atoms with Crippen LogP contribution >= 0.6 is 11.3 Å². The van der Waals surface area contributed by atoms with Crippen LogP contribution in [-0.4, -0.2) is 28.0 Å². The molecule has 1 aromatic heterocycles. The molecule has 1 aromatic carbocycles. The van der Waals surface area contributed by atoms with Crippen molar-refractivity contribution in [2.45, 2.75) is 4.21 Å². The number of hydrogen-bond donors (Lipinski definition) is 1. The molecule has 0 aliphatic carbocycles. The van der Waals surface area contributed by atoms with Crippen LogP contribution in [0.4, 0.5) is 17.1 Å². The molecule has 0 radical (unpaired) electrons. The number of nitrogens with zero attached hydrogens (tertiary/aromatic N) is 2. The Labute approximate surface area is 136 Å². The molecule has 23 heavy (non-hydrogen) atoms. The van der Waals surface area contributed by atoms with Crippen molar-refractivity contribution < 1.29 is 21.8 Å². The molecule has 1 heterocycles. The lowest BCUT2D eigenvalue weighted by Gasteiger charge is -2.22. The number of hydrogen-bond acceptors (Lipinski definition) is 8. The first-order valence-electron chi connectivity index (χ1n) is 5.88. The lowest BCUT2D eigenvalue weighted by molar-refractivity contribution is -0.384. The van der Waals surface area contributed by atoms with Gasteiger partial charge in [-0.2, -0.15) is 12.1 Å². The molecule has 124 valence electrons. The molecule has 2 N–H and O–H groups in total. The molecule has 9 nitrogen and oxygen atoms in total. The molecule has 0 atom stereocenters. The quantitative estimate of drug-likeness (QED) is 0.471. The van der Waals surface area contributed by atoms with Gasteiger partial charge in [0.1, 0.15) is 4.21 Å². The number of thiophene rings is 1. The van der Waals surface area contributed by atoms with Gasteiger partial charge < -0.3 is 5.73 Å². The van der Waals surface area contributed by atoms with E-state index in [-0.39, 0.29) is 13.6 Å². The van der Waals surface area contributed by atoms with Crippen LogP contribution < -0.4 is 9.44 Å². The molecule has 2 rings (SSSR count). The summed E-state index contributed by atoms with van der Waals surface area (Å²) in [5, 5.41) is 12.3. The fourth-order valence-corrected chi connectivity index (χ4v) is 6.26. The summed E-state index contributed by atoms with van der Waals surface area (Å²) in [6.07, 6.45) is 0.677. The number of nitro groups is 1. The largest absolute Gasteiger partial charge is 0.397 e. The van der Waals surface area contributed by atoms with Crippen LogP contribution in [0.5, 0.6) is 0 Å². The molecule has 0 aliphatic heterocycles. The number of benzene rings is 1. The van der Waals surface area contributed by atoms with Crippen molar-refractivity contribution >= 4 is 48.4 Å². The average Bonchev–Trinajstić information content (AvgIpc) is 2.93. The minimum Gasteiger partial charge on any atom is -0.397 e. The summed E-state index contributed by atoms with van der Waals surface area (Å²) in [4.78, 5) is 10.1. The maximum atomic E-state index is 12.6. The fraction of sp³-hybridized carbons (Fsp3) is 0.0909. The number of non-ortho nitro benzene ring substituents is 1. The van der Waals surface area contributed by atoms with E-state index in [4.69, 9.17) is 5.73 Å². The third-order valence-electron chi connectivity index (χ3n) is 2.69. The second kappa shape index (κ2) is 5.79. The summed E-state index contributed by atoms with van der Waals surface area (Å²) >= 11 is 0.817. The van der Waals surface area contributed by atoms with E-state index in [9.17, 15) is 26.9 Å². The first-order valence-corrected chi connectivity index (χ1v) is 10.0. The number of nitrogens with two attached hydrogens (primary N) is 1. The van der Waals surface area contributed by atoms with Gasteiger partial charge in [-0.25, -0.2) is 8.42 Å². The van der Waals surface area contributed by atoms with Crippen LogP contribution in [0.25, 0.3) is 0 Å². The van der Waals surface area contributed by atoms with Gasteiger partial charge in [-0.15, -0.1) is 11.3 Å². The van der Waals surface area contributed by atoms with E-state index in [1.54, 1.807) is 0 Å². The average molecular weight is 377 g/mol. The van der Waals surface area contributed by atoms with E-state index in [0.717, 1.165) is 29.5 Å². The SMILES string of the molecule is CS(=O)(=O)N(c1cc([N+](=O)[O-])ccc1N)S(=O)(=O)c1cccs1. The summed E-state index contributed by atoms with van der Waals surface area (Å²) in [5.41, 5.74) is 4.45. The summed E-state index contributed by atoms with van der Waals surface area (Å²) < 4.78 is 49.2. The first-order chi connectivity index (χ1) is 10.5. The van der Waals surface area contributed by atoms with Gasteiger partial charge in [-0.1, -0.05) is 6.07 Å². The number of anilines is 2. The Morgan fingerprint density at radius 3 is 2.35 bits per heavy atom. The second-order valence-electron chi connectivity index (χ2n) is 4.40. The van der Waals surface area contributed by atoms with Gasteiger partial charge in [0.15, 0.2) is 0 Å². The van der Waals surface area contributed by atoms with Gasteiger partial charge in [0.05, 0.1) is 22.6 Å². The van der Waals surface area contributed by atoms with Crippen LogP contribution in [0.3, 0.4) is 0 Å². The van der Waals surface area contributed by atoms with Gasteiger partial charge in [0.25, 0.3) is 15.7 Å². The van der Waals surface area contributed by atoms with Crippen LogP contribution in [0, 0.1) is 10.1 Å². The zero-order chi connectivity index (χ0) is 17.4. The van der Waals surface area contributed by atoms with Crippen molar-refractivity contribution in [1.82, 2.24) is 0 Å². The number of nitrogen functional groups attached to an aromatic ring is 1. The molecule has 0 unspecified atom stereocenters. The van der Waals surface area contributed by atoms with Gasteiger partial charge in [-0.05, 0) is 17.5 Å². The highest BCUT2D eigenvalue weighted by atomic mass is 32.3. The normalized spacial score (nSPS) is 12.0. The number of nitro benzene ring substituents is 1. The predicted molar refractivity (Wildman–Crippen MR) is 86.3 cm³/mol. The maximum Gasteiger partial charge on any atom is 0.286 e. The minimum absolute atomic E-state index is 0.105. The monoisotopic (exact) mass is 377 g/mol. The van der Waals surface area contributed by atoms with Crippen LogP contribution in [0.15, 0.2) is 39.9 Å². The van der Waals surface area contributed by atoms with Gasteiger partial charge >= 0.3 is 0 Å². The Balaban J connectivity index is 2.77. The zero-order valence-corrected chi connectivity index (χ0v) is 14.1. The molecule has 0 fully saturated rings. The third kappa shape index (κ3) is 3.28. The summed E-state index contributed by atoms with van der Waals surface area (Å²) in [5.74, 6) is 0. The van der Waals surface area contributed by atoms with Crippen molar-refractivity contribution in [3.8, 4) is 0 Å². The Kier molecular flexibility index (Phi) is 4.32. The molecular formula is C11H11N3O6S3. The Morgan fingerprint density at radius 2 is 1.87 bits per heavy atom. The molecule has 0 saturated heterocycles. The van der Waals surface area contributed by atoms with Crippen molar-refractivity contribution in [1.29, 1.82) is 0 Å². The molecule has 12 heteroatoms. The molecule has 0 saturated carbocycles. The fourth-order valence-electron chi connectivity index (χ4n) is 1.78. The molecule has 0 aliphatic rings. The van der Waals surface area contributed by atoms with E-state index in [1.807, 2.05) is 0 Å². The van der Waals surface area contributed by atoms with Crippen molar-refractivity contribution in [2.75, 3.05) is 15.7 Å². The van der Waals surface area contributed by atoms with Gasteiger partial charge in [0.2, 0.25) is 10.0 Å². The summed E-state index contributed by atoms with van der Waals surface area (Å²) in [6.45, 7) is 0. The molecule has 2 aromatic rings. The molecular weight excluding hydrogens is 366 g/mol. The van der Waals surface area contributed by atoms with E-state index in [2.05, 4.69) is 0 Å². The van der Waals surface area contributed by atoms with E-state index >= 15 is 0 Å². The highest BCUT2D eigenvalue weighted by Crippen LogP contribution is 2.35. The van der Waals surface area contributed by atoms with Crippen LogP contribution in [-0.2, 0) is 20.0 Å². The second-order valence-corrected chi connectivity index (χ2v) is 9.42. The smallest absolute Gasteiger partial charge is 0.286 e. The molecule has 0 spiro atoms. The standard InChI is InChI=1S/C11H11N3O6S3/c1-22(17,18)14(23(19,20)11-3-2-6-21-11)10-7-8(13(15)16)4-5-9(10)12/h2-7H,12H2,1H3. The Morgan fingerprint density at radius 1 is 1.22 bits per heavy atom. The number of rotatable bonds is 5. The lowest BCUT2D eigenvalue weighted by atomic mass is 10.2. The molecule has 0 amide bonds. The summed E-state index contributed by atoms with van der Waals surface area (Å²) in [7, 11) is -8.79.